The molecule has 0 aliphatic heterocycles. The molecule has 3 rings (SSSR count). The first kappa shape index (κ1) is 12.1. The molecule has 0 amide bonds. The van der Waals surface area contributed by atoms with E-state index in [2.05, 4.69) is 15.0 Å². The van der Waals surface area contributed by atoms with E-state index in [0.717, 1.165) is 5.56 Å². The smallest absolute Gasteiger partial charge is 0.165 e. The summed E-state index contributed by atoms with van der Waals surface area (Å²) in [5, 5.41) is 7.61. The van der Waals surface area contributed by atoms with Crippen molar-refractivity contribution in [2.24, 2.45) is 5.73 Å². The summed E-state index contributed by atoms with van der Waals surface area (Å²) in [6, 6.07) is 7.50. The van der Waals surface area contributed by atoms with Gasteiger partial charge in [-0.25, -0.2) is 15.0 Å². The average molecular weight is 267 g/mol. The van der Waals surface area contributed by atoms with Gasteiger partial charge in [-0.3, -0.25) is 5.41 Å². The Morgan fingerprint density at radius 3 is 2.80 bits per heavy atom. The maximum absolute atomic E-state index is 7.61. The highest BCUT2D eigenvalue weighted by molar-refractivity contribution is 5.96. The zero-order valence-electron chi connectivity index (χ0n) is 10.6. The van der Waals surface area contributed by atoms with E-state index >= 15 is 0 Å². The predicted molar refractivity (Wildman–Crippen MR) is 76.3 cm³/mol. The second-order valence-corrected chi connectivity index (χ2v) is 4.37. The van der Waals surface area contributed by atoms with Crippen molar-refractivity contribution < 1.29 is 0 Å². The number of anilines is 1. The molecular weight excluding hydrogens is 254 g/mol. The van der Waals surface area contributed by atoms with Crippen LogP contribution in [0.25, 0.3) is 11.2 Å². The maximum Gasteiger partial charge on any atom is 0.165 e. The zero-order chi connectivity index (χ0) is 14.1. The van der Waals surface area contributed by atoms with Crippen LogP contribution in [-0.4, -0.2) is 25.4 Å². The molecule has 0 spiro atoms. The number of hydrogen-bond donors (Lipinski definition) is 3. The lowest BCUT2D eigenvalue weighted by atomic mass is 10.1. The van der Waals surface area contributed by atoms with Crippen LogP contribution in [0.3, 0.4) is 0 Å². The molecule has 0 radical (unpaired) electrons. The van der Waals surface area contributed by atoms with Crippen molar-refractivity contribution in [2.75, 3.05) is 5.73 Å². The Hall–Kier alpha value is -2.96. The number of benzene rings is 1. The zero-order valence-corrected chi connectivity index (χ0v) is 10.6. The highest BCUT2D eigenvalue weighted by Crippen LogP contribution is 2.17. The summed E-state index contributed by atoms with van der Waals surface area (Å²) in [4.78, 5) is 12.3. The number of aromatic nitrogens is 4. The first-order valence-corrected chi connectivity index (χ1v) is 6.00. The van der Waals surface area contributed by atoms with Gasteiger partial charge >= 0.3 is 0 Å². The molecule has 5 N–H and O–H groups in total. The molecule has 0 fully saturated rings. The third-order valence-corrected chi connectivity index (χ3v) is 3.08. The monoisotopic (exact) mass is 267 g/mol. The number of fused-ring (bicyclic) bond motifs is 1. The quantitative estimate of drug-likeness (QED) is 0.477. The van der Waals surface area contributed by atoms with Gasteiger partial charge in [0, 0.05) is 5.56 Å². The van der Waals surface area contributed by atoms with Crippen molar-refractivity contribution in [3.05, 3.63) is 48.0 Å². The Kier molecular flexibility index (Phi) is 2.79. The average Bonchev–Trinajstić information content (AvgIpc) is 2.84. The molecule has 7 heteroatoms. The molecule has 0 unspecified atom stereocenters. The molecule has 2 heterocycles. The van der Waals surface area contributed by atoms with Crippen LogP contribution in [0.4, 0.5) is 5.82 Å². The van der Waals surface area contributed by atoms with Gasteiger partial charge in [0.05, 0.1) is 12.9 Å². The van der Waals surface area contributed by atoms with Crippen LogP contribution in [0.2, 0.25) is 0 Å². The Labute approximate surface area is 114 Å². The molecule has 3 aromatic rings. The van der Waals surface area contributed by atoms with Gasteiger partial charge in [0.25, 0.3) is 0 Å². The van der Waals surface area contributed by atoms with E-state index in [0.29, 0.717) is 29.1 Å². The van der Waals surface area contributed by atoms with Gasteiger partial charge < -0.3 is 16.0 Å². The number of nitrogens with two attached hydrogens (primary N) is 2. The standard InChI is InChI=1S/C13H13N7/c14-11(15)9-4-2-1-3-8(9)5-20-7-19-10-12(16)17-6-18-13(10)20/h1-4,6-7H,5H2,(H3,14,15)(H2,16,17,18). The molecule has 1 aromatic carbocycles. The Balaban J connectivity index is 2.06. The molecule has 0 atom stereocenters. The van der Waals surface area contributed by atoms with Crippen molar-refractivity contribution in [3.63, 3.8) is 0 Å². The summed E-state index contributed by atoms with van der Waals surface area (Å²) in [6.45, 7) is 0.517. The Morgan fingerprint density at radius 2 is 2.00 bits per heavy atom. The molecule has 0 saturated heterocycles. The first-order chi connectivity index (χ1) is 9.66. The SMILES string of the molecule is N=C(N)c1ccccc1Cn1cnc2c(N)ncnc21. The number of imidazole rings is 1. The second kappa shape index (κ2) is 4.61. The molecule has 20 heavy (non-hydrogen) atoms. The summed E-state index contributed by atoms with van der Waals surface area (Å²) in [5.74, 6) is 0.396. The fourth-order valence-electron chi connectivity index (χ4n) is 2.12. The van der Waals surface area contributed by atoms with Gasteiger partial charge in [0.2, 0.25) is 0 Å². The minimum Gasteiger partial charge on any atom is -0.384 e. The van der Waals surface area contributed by atoms with E-state index < -0.39 is 0 Å². The van der Waals surface area contributed by atoms with Crippen molar-refractivity contribution >= 4 is 22.8 Å². The number of nitrogens with one attached hydrogen (secondary N) is 1. The lowest BCUT2D eigenvalue weighted by molar-refractivity contribution is 0.811. The molecule has 2 aromatic heterocycles. The minimum atomic E-state index is 0.0409. The van der Waals surface area contributed by atoms with Crippen LogP contribution in [-0.2, 0) is 6.54 Å². The van der Waals surface area contributed by atoms with Gasteiger partial charge in [0.1, 0.15) is 17.7 Å². The largest absolute Gasteiger partial charge is 0.384 e. The van der Waals surface area contributed by atoms with E-state index in [4.69, 9.17) is 16.9 Å². The van der Waals surface area contributed by atoms with Gasteiger partial charge in [-0.2, -0.15) is 0 Å². The van der Waals surface area contributed by atoms with Crippen LogP contribution in [0, 0.1) is 5.41 Å². The Morgan fingerprint density at radius 1 is 1.20 bits per heavy atom. The highest BCUT2D eigenvalue weighted by Gasteiger charge is 2.10. The molecule has 0 aliphatic rings. The van der Waals surface area contributed by atoms with Crippen LogP contribution >= 0.6 is 0 Å². The van der Waals surface area contributed by atoms with Crippen molar-refractivity contribution in [3.8, 4) is 0 Å². The van der Waals surface area contributed by atoms with Crippen LogP contribution in [0.15, 0.2) is 36.9 Å². The molecule has 0 saturated carbocycles. The molecule has 0 aliphatic carbocycles. The number of nitrogens with zero attached hydrogens (tertiary/aromatic N) is 4. The maximum atomic E-state index is 7.61. The number of hydrogen-bond acceptors (Lipinski definition) is 5. The van der Waals surface area contributed by atoms with Crippen molar-refractivity contribution in [1.82, 2.24) is 19.5 Å². The normalized spacial score (nSPS) is 10.8. The van der Waals surface area contributed by atoms with Crippen LogP contribution in [0.1, 0.15) is 11.1 Å². The fourth-order valence-corrected chi connectivity index (χ4v) is 2.12. The number of nitrogen functional groups attached to an aromatic ring is 2. The van der Waals surface area contributed by atoms with Gasteiger partial charge in [-0.15, -0.1) is 0 Å². The van der Waals surface area contributed by atoms with Gasteiger partial charge in [0.15, 0.2) is 11.5 Å². The van der Waals surface area contributed by atoms with Crippen molar-refractivity contribution in [1.29, 1.82) is 5.41 Å². The third-order valence-electron chi connectivity index (χ3n) is 3.08. The van der Waals surface area contributed by atoms with Gasteiger partial charge in [-0.05, 0) is 5.56 Å². The summed E-state index contributed by atoms with van der Waals surface area (Å²) in [7, 11) is 0. The number of amidine groups is 1. The van der Waals surface area contributed by atoms with Gasteiger partial charge in [-0.1, -0.05) is 24.3 Å². The fraction of sp³-hybridized carbons (Fsp3) is 0.0769. The lowest BCUT2D eigenvalue weighted by Crippen LogP contribution is -2.15. The van der Waals surface area contributed by atoms with E-state index in [1.54, 1.807) is 6.33 Å². The van der Waals surface area contributed by atoms with Crippen molar-refractivity contribution in [2.45, 2.75) is 6.54 Å². The van der Waals surface area contributed by atoms with Crippen LogP contribution in [0.5, 0.6) is 0 Å². The minimum absolute atomic E-state index is 0.0409. The molecule has 100 valence electrons. The number of rotatable bonds is 3. The summed E-state index contributed by atoms with van der Waals surface area (Å²) < 4.78 is 1.86. The van der Waals surface area contributed by atoms with E-state index in [1.807, 2.05) is 28.8 Å². The van der Waals surface area contributed by atoms with E-state index in [9.17, 15) is 0 Å². The van der Waals surface area contributed by atoms with E-state index in [-0.39, 0.29) is 5.84 Å². The summed E-state index contributed by atoms with van der Waals surface area (Å²) >= 11 is 0. The second-order valence-electron chi connectivity index (χ2n) is 4.37. The lowest BCUT2D eigenvalue weighted by Gasteiger charge is -2.09. The highest BCUT2D eigenvalue weighted by atomic mass is 15.1. The summed E-state index contributed by atoms with van der Waals surface area (Å²) in [6.07, 6.45) is 3.07. The molecular formula is C13H13N7. The summed E-state index contributed by atoms with van der Waals surface area (Å²) in [5.41, 5.74) is 14.2. The molecule has 0 bridgehead atoms. The third kappa shape index (κ3) is 1.95. The first-order valence-electron chi connectivity index (χ1n) is 6.00. The van der Waals surface area contributed by atoms with Crippen LogP contribution < -0.4 is 11.5 Å². The van der Waals surface area contributed by atoms with E-state index in [1.165, 1.54) is 6.33 Å². The topological polar surface area (TPSA) is 119 Å². The molecule has 7 nitrogen and oxygen atoms in total. The Bertz CT molecular complexity index is 790. The predicted octanol–water partition coefficient (Wildman–Crippen LogP) is 0.741.